The van der Waals surface area contributed by atoms with Gasteiger partial charge in [0.05, 0.1) is 0 Å². The van der Waals surface area contributed by atoms with Crippen LogP contribution in [0.25, 0.3) is 0 Å². The molecule has 0 amide bonds. The molecule has 0 radical (unpaired) electrons. The van der Waals surface area contributed by atoms with Gasteiger partial charge < -0.3 is 5.32 Å². The predicted octanol–water partition coefficient (Wildman–Crippen LogP) is 4.05. The minimum atomic E-state index is -0.888. The molecule has 4 heteroatoms. The first-order valence-corrected chi connectivity index (χ1v) is 6.77. The van der Waals surface area contributed by atoms with Gasteiger partial charge in [-0.2, -0.15) is 0 Å². The zero-order chi connectivity index (χ0) is 14.4. The Morgan fingerprint density at radius 2 is 1.74 bits per heavy atom. The van der Waals surface area contributed by atoms with Gasteiger partial charge in [0.25, 0.3) is 0 Å². The average molecular weight is 273 g/mol. The van der Waals surface area contributed by atoms with E-state index in [1.54, 1.807) is 0 Å². The van der Waals surface area contributed by atoms with Crippen LogP contribution < -0.4 is 5.32 Å². The van der Waals surface area contributed by atoms with E-state index in [0.29, 0.717) is 12.1 Å². The lowest BCUT2D eigenvalue weighted by molar-refractivity contribution is 0.418. The highest BCUT2D eigenvalue weighted by atomic mass is 19.1. The molecule has 1 aliphatic rings. The maximum atomic E-state index is 12.4. The molecule has 1 saturated heterocycles. The summed E-state index contributed by atoms with van der Waals surface area (Å²) in [5.41, 5.74) is -0.151. The molecule has 2 rings (SSSR count). The standard InChI is InChI=1S/C8H17N.C7H5F3/c1-3-4-8-6-9-5-7(8)2;1-4-6(9)2-5(8)3-7(4)10/h7-9H,3-6H2,1-2H3;2-3H,1H3. The molecule has 1 nitrogen and oxygen atoms in total. The third-order valence-electron chi connectivity index (χ3n) is 3.58. The lowest BCUT2D eigenvalue weighted by Gasteiger charge is -2.11. The summed E-state index contributed by atoms with van der Waals surface area (Å²) in [6.07, 6.45) is 2.75. The van der Waals surface area contributed by atoms with E-state index in [1.165, 1.54) is 32.9 Å². The first-order chi connectivity index (χ1) is 8.95. The van der Waals surface area contributed by atoms with Crippen molar-refractivity contribution < 1.29 is 13.2 Å². The molecular formula is C15H22F3N. The summed E-state index contributed by atoms with van der Waals surface area (Å²) in [4.78, 5) is 0. The highest BCUT2D eigenvalue weighted by Crippen LogP contribution is 2.20. The van der Waals surface area contributed by atoms with Crippen molar-refractivity contribution in [2.75, 3.05) is 13.1 Å². The van der Waals surface area contributed by atoms with Gasteiger partial charge in [-0.3, -0.25) is 0 Å². The molecule has 1 N–H and O–H groups in total. The average Bonchev–Trinajstić information content (AvgIpc) is 2.73. The van der Waals surface area contributed by atoms with Gasteiger partial charge in [-0.1, -0.05) is 20.3 Å². The first-order valence-electron chi connectivity index (χ1n) is 6.77. The van der Waals surface area contributed by atoms with E-state index in [-0.39, 0.29) is 5.56 Å². The predicted molar refractivity (Wildman–Crippen MR) is 71.5 cm³/mol. The lowest BCUT2D eigenvalue weighted by Crippen LogP contribution is -2.08. The molecule has 0 aliphatic carbocycles. The Morgan fingerprint density at radius 1 is 1.16 bits per heavy atom. The van der Waals surface area contributed by atoms with Crippen LogP contribution in [0.2, 0.25) is 0 Å². The van der Waals surface area contributed by atoms with Crippen LogP contribution in [0.1, 0.15) is 32.3 Å². The molecule has 0 saturated carbocycles. The molecule has 1 fully saturated rings. The van der Waals surface area contributed by atoms with Crippen molar-refractivity contribution in [3.63, 3.8) is 0 Å². The number of nitrogens with one attached hydrogen (secondary N) is 1. The van der Waals surface area contributed by atoms with Crippen molar-refractivity contribution in [2.24, 2.45) is 11.8 Å². The Labute approximate surface area is 113 Å². The second-order valence-corrected chi connectivity index (χ2v) is 5.18. The van der Waals surface area contributed by atoms with Crippen molar-refractivity contribution in [1.82, 2.24) is 5.32 Å². The van der Waals surface area contributed by atoms with Gasteiger partial charge in [-0.05, 0) is 38.3 Å². The van der Waals surface area contributed by atoms with Gasteiger partial charge in [-0.25, -0.2) is 13.2 Å². The molecule has 19 heavy (non-hydrogen) atoms. The van der Waals surface area contributed by atoms with Crippen LogP contribution >= 0.6 is 0 Å². The van der Waals surface area contributed by atoms with Crippen LogP contribution in [-0.4, -0.2) is 13.1 Å². The summed E-state index contributed by atoms with van der Waals surface area (Å²) in [5, 5.41) is 3.41. The molecule has 2 atom stereocenters. The van der Waals surface area contributed by atoms with E-state index in [1.807, 2.05) is 0 Å². The van der Waals surface area contributed by atoms with Gasteiger partial charge in [-0.15, -0.1) is 0 Å². The van der Waals surface area contributed by atoms with Crippen LogP contribution in [0.15, 0.2) is 12.1 Å². The summed E-state index contributed by atoms with van der Waals surface area (Å²) in [6.45, 7) is 8.37. The van der Waals surface area contributed by atoms with Gasteiger partial charge in [0.15, 0.2) is 0 Å². The normalized spacial score (nSPS) is 22.0. The first kappa shape index (κ1) is 16.0. The fourth-order valence-electron chi connectivity index (χ4n) is 2.24. The molecule has 1 aromatic rings. The SMILES string of the molecule is CCCC1CNCC1C.Cc1c(F)cc(F)cc1F. The third kappa shape index (κ3) is 4.86. The van der Waals surface area contributed by atoms with E-state index in [0.717, 1.165) is 11.8 Å². The second-order valence-electron chi connectivity index (χ2n) is 5.18. The maximum absolute atomic E-state index is 12.4. The van der Waals surface area contributed by atoms with Crippen LogP contribution in [0.4, 0.5) is 13.2 Å². The van der Waals surface area contributed by atoms with E-state index in [4.69, 9.17) is 0 Å². The Hall–Kier alpha value is -1.03. The maximum Gasteiger partial charge on any atom is 0.131 e. The van der Waals surface area contributed by atoms with Crippen molar-refractivity contribution >= 4 is 0 Å². The summed E-state index contributed by atoms with van der Waals surface area (Å²) in [6, 6.07) is 1.30. The minimum absolute atomic E-state index is 0.151. The fourth-order valence-corrected chi connectivity index (χ4v) is 2.24. The topological polar surface area (TPSA) is 12.0 Å². The molecule has 0 bridgehead atoms. The van der Waals surface area contributed by atoms with Crippen LogP contribution in [-0.2, 0) is 0 Å². The molecule has 0 spiro atoms. The van der Waals surface area contributed by atoms with Gasteiger partial charge >= 0.3 is 0 Å². The number of hydrogen-bond donors (Lipinski definition) is 1. The molecule has 0 aromatic heterocycles. The molecule has 2 unspecified atom stereocenters. The Kier molecular flexibility index (Phi) is 6.35. The highest BCUT2D eigenvalue weighted by Gasteiger charge is 2.21. The third-order valence-corrected chi connectivity index (χ3v) is 3.58. The number of halogens is 3. The van der Waals surface area contributed by atoms with Crippen LogP contribution in [0, 0.1) is 36.2 Å². The molecule has 1 aromatic carbocycles. The summed E-state index contributed by atoms with van der Waals surface area (Å²) in [5.74, 6) is -0.699. The van der Waals surface area contributed by atoms with Gasteiger partial charge in [0, 0.05) is 17.7 Å². The summed E-state index contributed by atoms with van der Waals surface area (Å²) in [7, 11) is 0. The van der Waals surface area contributed by atoms with E-state index >= 15 is 0 Å². The van der Waals surface area contributed by atoms with Gasteiger partial charge in [0.2, 0.25) is 0 Å². The Balaban J connectivity index is 0.000000191. The fraction of sp³-hybridized carbons (Fsp3) is 0.600. The zero-order valence-corrected chi connectivity index (χ0v) is 11.8. The van der Waals surface area contributed by atoms with E-state index < -0.39 is 17.5 Å². The quantitative estimate of drug-likeness (QED) is 0.857. The van der Waals surface area contributed by atoms with Crippen molar-refractivity contribution in [1.29, 1.82) is 0 Å². The smallest absolute Gasteiger partial charge is 0.131 e. The molecule has 1 aliphatic heterocycles. The van der Waals surface area contributed by atoms with E-state index in [9.17, 15) is 13.2 Å². The van der Waals surface area contributed by atoms with Crippen molar-refractivity contribution in [2.45, 2.75) is 33.6 Å². The monoisotopic (exact) mass is 273 g/mol. The number of rotatable bonds is 2. The second kappa shape index (κ2) is 7.53. The summed E-state index contributed by atoms with van der Waals surface area (Å²) >= 11 is 0. The largest absolute Gasteiger partial charge is 0.316 e. The van der Waals surface area contributed by atoms with Gasteiger partial charge in [0.1, 0.15) is 17.5 Å². The van der Waals surface area contributed by atoms with E-state index in [2.05, 4.69) is 19.2 Å². The lowest BCUT2D eigenvalue weighted by atomic mass is 9.94. The molecule has 108 valence electrons. The highest BCUT2D eigenvalue weighted by molar-refractivity contribution is 5.18. The Morgan fingerprint density at radius 3 is 2.16 bits per heavy atom. The van der Waals surface area contributed by atoms with Crippen LogP contribution in [0.5, 0.6) is 0 Å². The van der Waals surface area contributed by atoms with Crippen LogP contribution in [0.3, 0.4) is 0 Å². The van der Waals surface area contributed by atoms with Crippen molar-refractivity contribution in [3.05, 3.63) is 35.1 Å². The van der Waals surface area contributed by atoms with Crippen molar-refractivity contribution in [3.8, 4) is 0 Å². The summed E-state index contributed by atoms with van der Waals surface area (Å²) < 4.78 is 36.8. The molecular weight excluding hydrogens is 251 g/mol. The minimum Gasteiger partial charge on any atom is -0.316 e. The zero-order valence-electron chi connectivity index (χ0n) is 11.8. The Bertz CT molecular complexity index is 383. The number of benzene rings is 1. The number of hydrogen-bond acceptors (Lipinski definition) is 1. The molecule has 1 heterocycles.